The van der Waals surface area contributed by atoms with Crippen molar-refractivity contribution in [3.63, 3.8) is 0 Å². The van der Waals surface area contributed by atoms with Crippen LogP contribution in [0.15, 0.2) is 0 Å². The van der Waals surface area contributed by atoms with Gasteiger partial charge in [0.25, 0.3) is 0 Å². The molecule has 3 heteroatoms. The standard InChI is InChI=1S/C15H32N2O/c1-4-7-17-11-14(6-5-8-18)9-15(12-17)16-10-13(2)3/h13-16,18H,4-12H2,1-3H3. The summed E-state index contributed by atoms with van der Waals surface area (Å²) >= 11 is 0. The van der Waals surface area contributed by atoms with Gasteiger partial charge in [-0.2, -0.15) is 0 Å². The first kappa shape index (κ1) is 15.9. The smallest absolute Gasteiger partial charge is 0.0431 e. The average Bonchev–Trinajstić information content (AvgIpc) is 2.34. The van der Waals surface area contributed by atoms with Gasteiger partial charge in [0.05, 0.1) is 0 Å². The molecule has 1 fully saturated rings. The Hall–Kier alpha value is -0.120. The lowest BCUT2D eigenvalue weighted by atomic mass is 9.90. The largest absolute Gasteiger partial charge is 0.396 e. The predicted octanol–water partition coefficient (Wildman–Crippen LogP) is 2.10. The Bertz CT molecular complexity index is 209. The maximum absolute atomic E-state index is 8.98. The summed E-state index contributed by atoms with van der Waals surface area (Å²) in [5.41, 5.74) is 0. The Morgan fingerprint density at radius 1 is 1.33 bits per heavy atom. The van der Waals surface area contributed by atoms with Gasteiger partial charge in [-0.1, -0.05) is 20.8 Å². The van der Waals surface area contributed by atoms with Gasteiger partial charge in [-0.05, 0) is 50.6 Å². The minimum Gasteiger partial charge on any atom is -0.396 e. The molecule has 1 saturated heterocycles. The number of rotatable bonds is 8. The van der Waals surface area contributed by atoms with Crippen molar-refractivity contribution in [3.05, 3.63) is 0 Å². The van der Waals surface area contributed by atoms with Crippen LogP contribution in [0.1, 0.15) is 46.5 Å². The normalized spacial score (nSPS) is 25.8. The lowest BCUT2D eigenvalue weighted by molar-refractivity contribution is 0.128. The second-order valence-corrected chi connectivity index (χ2v) is 6.23. The van der Waals surface area contributed by atoms with E-state index in [0.29, 0.717) is 12.6 Å². The van der Waals surface area contributed by atoms with Crippen LogP contribution in [0.3, 0.4) is 0 Å². The lowest BCUT2D eigenvalue weighted by Gasteiger charge is -2.38. The molecule has 3 nitrogen and oxygen atoms in total. The SMILES string of the molecule is CCCN1CC(CCCO)CC(NCC(C)C)C1. The van der Waals surface area contributed by atoms with Crippen LogP contribution in [0.2, 0.25) is 0 Å². The van der Waals surface area contributed by atoms with E-state index in [1.807, 2.05) is 0 Å². The number of aliphatic hydroxyl groups excluding tert-OH is 1. The second-order valence-electron chi connectivity index (χ2n) is 6.23. The van der Waals surface area contributed by atoms with E-state index in [-0.39, 0.29) is 0 Å². The van der Waals surface area contributed by atoms with E-state index in [4.69, 9.17) is 5.11 Å². The van der Waals surface area contributed by atoms with Crippen LogP contribution in [-0.2, 0) is 0 Å². The molecule has 0 aliphatic carbocycles. The van der Waals surface area contributed by atoms with Gasteiger partial charge in [-0.15, -0.1) is 0 Å². The van der Waals surface area contributed by atoms with Gasteiger partial charge in [0, 0.05) is 25.7 Å². The molecule has 2 atom stereocenters. The zero-order chi connectivity index (χ0) is 13.4. The number of aliphatic hydroxyl groups is 1. The van der Waals surface area contributed by atoms with Gasteiger partial charge in [-0.25, -0.2) is 0 Å². The van der Waals surface area contributed by atoms with Crippen LogP contribution in [0.4, 0.5) is 0 Å². The highest BCUT2D eigenvalue weighted by Gasteiger charge is 2.26. The quantitative estimate of drug-likeness (QED) is 0.698. The summed E-state index contributed by atoms with van der Waals surface area (Å²) in [6.45, 7) is 11.9. The van der Waals surface area contributed by atoms with Gasteiger partial charge in [-0.3, -0.25) is 0 Å². The number of piperidine rings is 1. The van der Waals surface area contributed by atoms with Crippen molar-refractivity contribution in [3.8, 4) is 0 Å². The van der Waals surface area contributed by atoms with Gasteiger partial charge in [0.1, 0.15) is 0 Å². The number of nitrogens with one attached hydrogen (secondary N) is 1. The summed E-state index contributed by atoms with van der Waals surface area (Å²) in [6, 6.07) is 0.649. The van der Waals surface area contributed by atoms with Gasteiger partial charge in [0.2, 0.25) is 0 Å². The fraction of sp³-hybridized carbons (Fsp3) is 1.00. The highest BCUT2D eigenvalue weighted by Crippen LogP contribution is 2.21. The number of hydrogen-bond donors (Lipinski definition) is 2. The number of hydrogen-bond acceptors (Lipinski definition) is 3. The first-order valence-electron chi connectivity index (χ1n) is 7.72. The summed E-state index contributed by atoms with van der Waals surface area (Å²) in [5, 5.41) is 12.7. The maximum Gasteiger partial charge on any atom is 0.0431 e. The molecule has 1 rings (SSSR count). The van der Waals surface area contributed by atoms with E-state index in [2.05, 4.69) is 31.0 Å². The van der Waals surface area contributed by atoms with Crippen LogP contribution in [-0.4, -0.2) is 48.8 Å². The molecule has 1 heterocycles. The van der Waals surface area contributed by atoms with E-state index < -0.39 is 0 Å². The summed E-state index contributed by atoms with van der Waals surface area (Å²) in [5.74, 6) is 1.49. The van der Waals surface area contributed by atoms with Crippen molar-refractivity contribution in [1.29, 1.82) is 0 Å². The van der Waals surface area contributed by atoms with E-state index in [0.717, 1.165) is 24.8 Å². The van der Waals surface area contributed by atoms with Gasteiger partial charge in [0.15, 0.2) is 0 Å². The number of likely N-dealkylation sites (tertiary alicyclic amines) is 1. The first-order chi connectivity index (χ1) is 8.65. The highest BCUT2D eigenvalue weighted by molar-refractivity contribution is 4.83. The third-order valence-corrected chi connectivity index (χ3v) is 3.74. The van der Waals surface area contributed by atoms with E-state index >= 15 is 0 Å². The van der Waals surface area contributed by atoms with Crippen LogP contribution in [0.5, 0.6) is 0 Å². The minimum atomic E-state index is 0.342. The summed E-state index contributed by atoms with van der Waals surface area (Å²) in [6.07, 6.45) is 4.66. The van der Waals surface area contributed by atoms with Crippen molar-refractivity contribution in [1.82, 2.24) is 10.2 Å². The van der Waals surface area contributed by atoms with Crippen LogP contribution >= 0.6 is 0 Å². The molecule has 108 valence electrons. The minimum absolute atomic E-state index is 0.342. The molecular formula is C15H32N2O. The topological polar surface area (TPSA) is 35.5 Å². The zero-order valence-electron chi connectivity index (χ0n) is 12.5. The van der Waals surface area contributed by atoms with Gasteiger partial charge < -0.3 is 15.3 Å². The zero-order valence-corrected chi connectivity index (χ0v) is 12.5. The molecule has 0 aromatic heterocycles. The Labute approximate surface area is 113 Å². The molecular weight excluding hydrogens is 224 g/mol. The fourth-order valence-corrected chi connectivity index (χ4v) is 2.94. The van der Waals surface area contributed by atoms with E-state index in [9.17, 15) is 0 Å². The summed E-state index contributed by atoms with van der Waals surface area (Å²) in [7, 11) is 0. The molecule has 0 bridgehead atoms. The molecule has 1 aliphatic heterocycles. The van der Waals surface area contributed by atoms with Crippen molar-refractivity contribution < 1.29 is 5.11 Å². The molecule has 0 aromatic carbocycles. The summed E-state index contributed by atoms with van der Waals surface area (Å²) < 4.78 is 0. The molecule has 0 spiro atoms. The van der Waals surface area contributed by atoms with Crippen molar-refractivity contribution >= 4 is 0 Å². The van der Waals surface area contributed by atoms with E-state index in [1.54, 1.807) is 0 Å². The van der Waals surface area contributed by atoms with Crippen LogP contribution < -0.4 is 5.32 Å². The third kappa shape index (κ3) is 6.17. The monoisotopic (exact) mass is 256 g/mol. The Balaban J connectivity index is 2.40. The third-order valence-electron chi connectivity index (χ3n) is 3.74. The second kappa shape index (κ2) is 8.89. The molecule has 0 amide bonds. The molecule has 1 aliphatic rings. The number of nitrogens with zero attached hydrogens (tertiary/aromatic N) is 1. The first-order valence-corrected chi connectivity index (χ1v) is 7.72. The van der Waals surface area contributed by atoms with Crippen molar-refractivity contribution in [2.24, 2.45) is 11.8 Å². The molecule has 0 aromatic rings. The maximum atomic E-state index is 8.98. The lowest BCUT2D eigenvalue weighted by Crippen LogP contribution is -2.50. The fourth-order valence-electron chi connectivity index (χ4n) is 2.94. The van der Waals surface area contributed by atoms with Gasteiger partial charge >= 0.3 is 0 Å². The van der Waals surface area contributed by atoms with Crippen LogP contribution in [0, 0.1) is 11.8 Å². The molecule has 2 N–H and O–H groups in total. The van der Waals surface area contributed by atoms with Crippen molar-refractivity contribution in [2.75, 3.05) is 32.8 Å². The van der Waals surface area contributed by atoms with Crippen molar-refractivity contribution in [2.45, 2.75) is 52.5 Å². The summed E-state index contributed by atoms with van der Waals surface area (Å²) in [4.78, 5) is 2.60. The molecule has 0 saturated carbocycles. The highest BCUT2D eigenvalue weighted by atomic mass is 16.2. The molecule has 18 heavy (non-hydrogen) atoms. The predicted molar refractivity (Wildman–Crippen MR) is 77.8 cm³/mol. The Morgan fingerprint density at radius 3 is 2.72 bits per heavy atom. The molecule has 0 radical (unpaired) electrons. The van der Waals surface area contributed by atoms with Crippen LogP contribution in [0.25, 0.3) is 0 Å². The average molecular weight is 256 g/mol. The van der Waals surface area contributed by atoms with E-state index in [1.165, 1.54) is 38.9 Å². The Morgan fingerprint density at radius 2 is 2.11 bits per heavy atom. The Kier molecular flexibility index (Phi) is 7.87. The molecule has 2 unspecified atom stereocenters.